The van der Waals surface area contributed by atoms with E-state index in [0.717, 1.165) is 31.4 Å². The van der Waals surface area contributed by atoms with Crippen LogP contribution in [0.4, 0.5) is 0 Å². The van der Waals surface area contributed by atoms with Crippen LogP contribution in [0, 0.1) is 0 Å². The van der Waals surface area contributed by atoms with Crippen molar-refractivity contribution in [1.82, 2.24) is 9.80 Å². The van der Waals surface area contributed by atoms with Crippen LogP contribution in [0.2, 0.25) is 0 Å². The number of carbonyl (C=O) groups is 2. The first-order chi connectivity index (χ1) is 12.1. The number of benzene rings is 1. The number of thioether (sulfide) groups is 1. The number of thiocarbonyl (C=S) groups is 1. The average Bonchev–Trinajstić information content (AvgIpc) is 2.90. The third kappa shape index (κ3) is 4.12. The minimum absolute atomic E-state index is 0.00353. The molecule has 2 aliphatic rings. The number of hydrogen-bond donors (Lipinski definition) is 0. The number of likely N-dealkylation sites (tertiary alicyclic amines) is 1. The molecular weight excluding hydrogens is 352 g/mol. The van der Waals surface area contributed by atoms with E-state index < -0.39 is 0 Å². The molecule has 1 atom stereocenters. The highest BCUT2D eigenvalue weighted by Gasteiger charge is 2.35. The molecule has 6 heteroatoms. The number of rotatable bonds is 4. The maximum atomic E-state index is 12.7. The summed E-state index contributed by atoms with van der Waals surface area (Å²) in [6, 6.07) is 9.97. The van der Waals surface area contributed by atoms with Crippen LogP contribution < -0.4 is 0 Å². The Bertz CT molecular complexity index is 703. The summed E-state index contributed by atoms with van der Waals surface area (Å²) >= 11 is 6.61. The third-order valence-electron chi connectivity index (χ3n) is 4.68. The van der Waals surface area contributed by atoms with Crippen LogP contribution in [0.1, 0.15) is 38.2 Å². The van der Waals surface area contributed by atoms with E-state index in [4.69, 9.17) is 12.2 Å². The topological polar surface area (TPSA) is 40.6 Å². The maximum absolute atomic E-state index is 12.7. The van der Waals surface area contributed by atoms with Gasteiger partial charge in [0.05, 0.1) is 4.91 Å². The first kappa shape index (κ1) is 18.1. The summed E-state index contributed by atoms with van der Waals surface area (Å²) in [4.78, 5) is 29.3. The van der Waals surface area contributed by atoms with Gasteiger partial charge in [0.2, 0.25) is 5.91 Å². The molecule has 132 valence electrons. The first-order valence-corrected chi connectivity index (χ1v) is 9.92. The monoisotopic (exact) mass is 374 g/mol. The Morgan fingerprint density at radius 1 is 1.32 bits per heavy atom. The molecule has 3 rings (SSSR count). The van der Waals surface area contributed by atoms with Crippen molar-refractivity contribution in [3.63, 3.8) is 0 Å². The summed E-state index contributed by atoms with van der Waals surface area (Å²) in [5, 5.41) is 0. The fourth-order valence-corrected chi connectivity index (χ4v) is 4.57. The van der Waals surface area contributed by atoms with Crippen molar-refractivity contribution >= 4 is 46.2 Å². The minimum Gasteiger partial charge on any atom is -0.338 e. The van der Waals surface area contributed by atoms with Gasteiger partial charge in [-0.3, -0.25) is 14.5 Å². The van der Waals surface area contributed by atoms with Crippen LogP contribution in [0.25, 0.3) is 6.08 Å². The quantitative estimate of drug-likeness (QED) is 0.595. The van der Waals surface area contributed by atoms with E-state index in [1.807, 2.05) is 41.3 Å². The second-order valence-corrected chi connectivity index (χ2v) is 8.00. The van der Waals surface area contributed by atoms with Crippen molar-refractivity contribution in [1.29, 1.82) is 0 Å². The van der Waals surface area contributed by atoms with E-state index in [-0.39, 0.29) is 18.4 Å². The molecule has 0 aromatic heterocycles. The molecular formula is C19H22N2O2S2. The van der Waals surface area contributed by atoms with Crippen molar-refractivity contribution in [2.45, 2.75) is 38.6 Å². The zero-order chi connectivity index (χ0) is 17.8. The molecule has 4 nitrogen and oxygen atoms in total. The zero-order valence-electron chi connectivity index (χ0n) is 14.3. The second kappa shape index (κ2) is 8.15. The molecule has 1 unspecified atom stereocenters. The van der Waals surface area contributed by atoms with Crippen LogP contribution in [-0.4, -0.2) is 45.1 Å². The van der Waals surface area contributed by atoms with Crippen molar-refractivity contribution in [3.05, 3.63) is 40.8 Å². The highest BCUT2D eigenvalue weighted by Crippen LogP contribution is 2.32. The molecule has 0 spiro atoms. The van der Waals surface area contributed by atoms with Gasteiger partial charge in [-0.25, -0.2) is 0 Å². The van der Waals surface area contributed by atoms with Gasteiger partial charge in [-0.05, 0) is 37.3 Å². The molecule has 0 aliphatic carbocycles. The van der Waals surface area contributed by atoms with E-state index in [1.165, 1.54) is 23.1 Å². The molecule has 2 fully saturated rings. The Kier molecular flexibility index (Phi) is 5.91. The van der Waals surface area contributed by atoms with Gasteiger partial charge < -0.3 is 4.90 Å². The SMILES string of the molecule is CCC1CCCCN1C(=O)CN1C(=O)C(=Cc2ccccc2)SC1=S. The highest BCUT2D eigenvalue weighted by molar-refractivity contribution is 8.26. The van der Waals surface area contributed by atoms with Gasteiger partial charge in [0.25, 0.3) is 5.91 Å². The standard InChI is InChI=1S/C19H22N2O2S2/c1-2-15-10-6-7-11-20(15)17(22)13-21-18(23)16(25-19(21)24)12-14-8-4-3-5-9-14/h3-5,8-9,12,15H,2,6-7,10-11,13H2,1H3. The summed E-state index contributed by atoms with van der Waals surface area (Å²) < 4.78 is 0.464. The number of nitrogens with zero attached hydrogens (tertiary/aromatic N) is 2. The molecule has 0 saturated carbocycles. The second-order valence-electron chi connectivity index (χ2n) is 6.32. The third-order valence-corrected chi connectivity index (χ3v) is 6.06. The van der Waals surface area contributed by atoms with Crippen molar-refractivity contribution in [3.8, 4) is 0 Å². The normalized spacial score (nSPS) is 22.8. The lowest BCUT2D eigenvalue weighted by Gasteiger charge is -2.36. The Labute approximate surface area is 158 Å². The van der Waals surface area contributed by atoms with Gasteiger partial charge in [0, 0.05) is 12.6 Å². The van der Waals surface area contributed by atoms with Crippen LogP contribution in [0.5, 0.6) is 0 Å². The van der Waals surface area contributed by atoms with Gasteiger partial charge in [-0.1, -0.05) is 61.2 Å². The van der Waals surface area contributed by atoms with Crippen molar-refractivity contribution in [2.24, 2.45) is 0 Å². The molecule has 2 aliphatic heterocycles. The van der Waals surface area contributed by atoms with Gasteiger partial charge >= 0.3 is 0 Å². The lowest BCUT2D eigenvalue weighted by atomic mass is 10.00. The van der Waals surface area contributed by atoms with Crippen LogP contribution in [0.3, 0.4) is 0 Å². The van der Waals surface area contributed by atoms with E-state index >= 15 is 0 Å². The molecule has 1 aromatic rings. The molecule has 0 bridgehead atoms. The Hall–Kier alpha value is -1.66. The highest BCUT2D eigenvalue weighted by atomic mass is 32.2. The lowest BCUT2D eigenvalue weighted by Crippen LogP contribution is -2.48. The van der Waals surface area contributed by atoms with Gasteiger partial charge in [-0.2, -0.15) is 0 Å². The van der Waals surface area contributed by atoms with Gasteiger partial charge in [-0.15, -0.1) is 0 Å². The summed E-state index contributed by atoms with van der Waals surface area (Å²) in [5.41, 5.74) is 0.955. The largest absolute Gasteiger partial charge is 0.338 e. The Morgan fingerprint density at radius 3 is 2.80 bits per heavy atom. The summed E-state index contributed by atoms with van der Waals surface area (Å²) in [6.45, 7) is 2.94. The number of amides is 2. The summed E-state index contributed by atoms with van der Waals surface area (Å²) in [6.07, 6.45) is 6.05. The molecule has 2 saturated heterocycles. The van der Waals surface area contributed by atoms with E-state index in [2.05, 4.69) is 6.92 Å². The first-order valence-electron chi connectivity index (χ1n) is 8.70. The molecule has 1 aromatic carbocycles. The molecule has 2 heterocycles. The van der Waals surface area contributed by atoms with Crippen molar-refractivity contribution < 1.29 is 9.59 Å². The van der Waals surface area contributed by atoms with E-state index in [9.17, 15) is 9.59 Å². The van der Waals surface area contributed by atoms with Crippen LogP contribution in [-0.2, 0) is 9.59 Å². The maximum Gasteiger partial charge on any atom is 0.266 e. The van der Waals surface area contributed by atoms with Gasteiger partial charge in [0.1, 0.15) is 10.9 Å². The predicted octanol–water partition coefficient (Wildman–Crippen LogP) is 3.68. The van der Waals surface area contributed by atoms with E-state index in [0.29, 0.717) is 15.3 Å². The Balaban J connectivity index is 1.70. The Morgan fingerprint density at radius 2 is 2.08 bits per heavy atom. The number of hydrogen-bond acceptors (Lipinski definition) is 4. The fraction of sp³-hybridized carbons (Fsp3) is 0.421. The average molecular weight is 375 g/mol. The number of carbonyl (C=O) groups excluding carboxylic acids is 2. The number of piperidine rings is 1. The molecule has 25 heavy (non-hydrogen) atoms. The minimum atomic E-state index is -0.169. The lowest BCUT2D eigenvalue weighted by molar-refractivity contribution is -0.138. The molecule has 0 radical (unpaired) electrons. The van der Waals surface area contributed by atoms with E-state index in [1.54, 1.807) is 0 Å². The zero-order valence-corrected chi connectivity index (χ0v) is 15.9. The van der Waals surface area contributed by atoms with Crippen LogP contribution in [0.15, 0.2) is 35.2 Å². The van der Waals surface area contributed by atoms with Gasteiger partial charge in [0.15, 0.2) is 0 Å². The van der Waals surface area contributed by atoms with Crippen LogP contribution >= 0.6 is 24.0 Å². The van der Waals surface area contributed by atoms with Crippen molar-refractivity contribution in [2.75, 3.05) is 13.1 Å². The predicted molar refractivity (Wildman–Crippen MR) is 106 cm³/mol. The fourth-order valence-electron chi connectivity index (χ4n) is 3.32. The summed E-state index contributed by atoms with van der Waals surface area (Å²) in [7, 11) is 0. The molecule has 2 amide bonds. The summed E-state index contributed by atoms with van der Waals surface area (Å²) in [5.74, 6) is -0.166. The molecule has 0 N–H and O–H groups in total. The smallest absolute Gasteiger partial charge is 0.266 e.